The van der Waals surface area contributed by atoms with Gasteiger partial charge in [0.1, 0.15) is 5.15 Å². The van der Waals surface area contributed by atoms with Crippen LogP contribution in [0.3, 0.4) is 0 Å². The van der Waals surface area contributed by atoms with Gasteiger partial charge in [-0.2, -0.15) is 0 Å². The van der Waals surface area contributed by atoms with Crippen LogP contribution < -0.4 is 20.1 Å². The average Bonchev–Trinajstić information content (AvgIpc) is 3.22. The summed E-state index contributed by atoms with van der Waals surface area (Å²) >= 11 is 11.7. The van der Waals surface area contributed by atoms with Crippen LogP contribution in [0.4, 0.5) is 5.69 Å². The molecule has 2 aromatic carbocycles. The molecule has 0 saturated carbocycles. The molecule has 1 aliphatic rings. The predicted molar refractivity (Wildman–Crippen MR) is 112 cm³/mol. The fourth-order valence-corrected chi connectivity index (χ4v) is 3.13. The van der Waals surface area contributed by atoms with E-state index in [2.05, 4.69) is 15.6 Å². The van der Waals surface area contributed by atoms with E-state index in [-0.39, 0.29) is 35.0 Å². The van der Waals surface area contributed by atoms with Gasteiger partial charge in [-0.3, -0.25) is 9.59 Å². The minimum absolute atomic E-state index is 0.108. The summed E-state index contributed by atoms with van der Waals surface area (Å²) in [5, 5.41) is 5.82. The maximum Gasteiger partial charge on any atom is 0.257 e. The fourth-order valence-electron chi connectivity index (χ4n) is 2.86. The maximum absolute atomic E-state index is 12.7. The Hall–Kier alpha value is -3.29. The van der Waals surface area contributed by atoms with Crippen molar-refractivity contribution in [1.82, 2.24) is 10.3 Å². The van der Waals surface area contributed by atoms with E-state index in [9.17, 15) is 9.59 Å². The van der Waals surface area contributed by atoms with Gasteiger partial charge < -0.3 is 20.1 Å². The van der Waals surface area contributed by atoms with E-state index in [1.807, 2.05) is 12.1 Å². The van der Waals surface area contributed by atoms with Crippen molar-refractivity contribution in [2.45, 2.75) is 6.54 Å². The number of para-hydroxylation sites is 1. The van der Waals surface area contributed by atoms with E-state index in [1.165, 1.54) is 12.3 Å². The van der Waals surface area contributed by atoms with E-state index in [4.69, 9.17) is 32.7 Å². The Balaban J connectivity index is 1.46. The zero-order valence-corrected chi connectivity index (χ0v) is 17.0. The Morgan fingerprint density at radius 1 is 1.00 bits per heavy atom. The van der Waals surface area contributed by atoms with Crippen LogP contribution in [0, 0.1) is 0 Å². The van der Waals surface area contributed by atoms with Crippen LogP contribution in [-0.2, 0) is 6.54 Å². The molecule has 2 amide bonds. The number of anilines is 1. The lowest BCUT2D eigenvalue weighted by molar-refractivity contribution is 0.0951. The molecule has 0 spiro atoms. The van der Waals surface area contributed by atoms with Crippen LogP contribution in [0.25, 0.3) is 0 Å². The number of hydrogen-bond acceptors (Lipinski definition) is 5. The second-order valence-electron chi connectivity index (χ2n) is 6.37. The number of fused-ring (bicyclic) bond motifs is 1. The molecule has 0 saturated heterocycles. The number of nitrogens with zero attached hydrogens (tertiary/aromatic N) is 1. The van der Waals surface area contributed by atoms with E-state index >= 15 is 0 Å². The van der Waals surface area contributed by atoms with Gasteiger partial charge in [-0.05, 0) is 35.9 Å². The summed E-state index contributed by atoms with van der Waals surface area (Å²) in [5.41, 5.74) is 1.76. The van der Waals surface area contributed by atoms with Gasteiger partial charge in [-0.25, -0.2) is 4.98 Å². The van der Waals surface area contributed by atoms with E-state index < -0.39 is 5.91 Å². The molecular formula is C21H15Cl2N3O4. The summed E-state index contributed by atoms with van der Waals surface area (Å²) in [6, 6.07) is 13.6. The van der Waals surface area contributed by atoms with Gasteiger partial charge in [0.2, 0.25) is 6.79 Å². The topological polar surface area (TPSA) is 89.6 Å². The Bertz CT molecular complexity index is 1140. The quantitative estimate of drug-likeness (QED) is 0.573. The molecule has 0 atom stereocenters. The SMILES string of the molecule is O=C(Nc1ccccc1C(=O)NCc1ccc2c(c1)OCO2)c1cnc(Cl)c(Cl)c1. The molecule has 30 heavy (non-hydrogen) atoms. The standard InChI is InChI=1S/C21H15Cl2N3O4/c22-15-8-13(10-24-19(15)23)20(27)26-16-4-2-1-3-14(16)21(28)25-9-12-5-6-17-18(7-12)30-11-29-17/h1-8,10H,9,11H2,(H,25,28)(H,26,27). The van der Waals surface area contributed by atoms with Crippen molar-refractivity contribution in [3.63, 3.8) is 0 Å². The minimum Gasteiger partial charge on any atom is -0.454 e. The highest BCUT2D eigenvalue weighted by Gasteiger charge is 2.17. The highest BCUT2D eigenvalue weighted by molar-refractivity contribution is 6.41. The van der Waals surface area contributed by atoms with Crippen molar-refractivity contribution in [3.8, 4) is 11.5 Å². The molecule has 7 nitrogen and oxygen atoms in total. The first-order chi connectivity index (χ1) is 14.5. The molecule has 0 aliphatic carbocycles. The normalized spacial score (nSPS) is 11.8. The van der Waals surface area contributed by atoms with E-state index in [0.29, 0.717) is 22.7 Å². The number of rotatable bonds is 5. The Kier molecular flexibility index (Phi) is 5.74. The van der Waals surface area contributed by atoms with Gasteiger partial charge in [-0.1, -0.05) is 41.4 Å². The van der Waals surface area contributed by atoms with Gasteiger partial charge in [0.25, 0.3) is 11.8 Å². The molecule has 0 bridgehead atoms. The second kappa shape index (κ2) is 8.61. The van der Waals surface area contributed by atoms with Gasteiger partial charge in [-0.15, -0.1) is 0 Å². The Labute approximate surface area is 181 Å². The van der Waals surface area contributed by atoms with Crippen LogP contribution in [0.2, 0.25) is 10.2 Å². The molecule has 1 aromatic heterocycles. The number of pyridine rings is 1. The predicted octanol–water partition coefficient (Wildman–Crippen LogP) is 4.30. The molecule has 152 valence electrons. The zero-order valence-electron chi connectivity index (χ0n) is 15.4. The number of benzene rings is 2. The largest absolute Gasteiger partial charge is 0.454 e. The van der Waals surface area contributed by atoms with E-state index in [0.717, 1.165) is 5.56 Å². The van der Waals surface area contributed by atoms with Crippen LogP contribution >= 0.6 is 23.2 Å². The molecule has 2 heterocycles. The lowest BCUT2D eigenvalue weighted by Gasteiger charge is -2.12. The summed E-state index contributed by atoms with van der Waals surface area (Å²) in [4.78, 5) is 29.1. The summed E-state index contributed by atoms with van der Waals surface area (Å²) in [5.74, 6) is 0.521. The summed E-state index contributed by atoms with van der Waals surface area (Å²) in [7, 11) is 0. The van der Waals surface area contributed by atoms with Crippen molar-refractivity contribution in [3.05, 3.63) is 81.6 Å². The Morgan fingerprint density at radius 3 is 2.63 bits per heavy atom. The summed E-state index contributed by atoms with van der Waals surface area (Å²) in [6.07, 6.45) is 1.31. The van der Waals surface area contributed by atoms with Crippen molar-refractivity contribution in [1.29, 1.82) is 0 Å². The number of amides is 2. The number of hydrogen-bond donors (Lipinski definition) is 2. The lowest BCUT2D eigenvalue weighted by Crippen LogP contribution is -2.25. The third kappa shape index (κ3) is 4.32. The smallest absolute Gasteiger partial charge is 0.257 e. The lowest BCUT2D eigenvalue weighted by atomic mass is 10.1. The molecular weight excluding hydrogens is 429 g/mol. The second-order valence-corrected chi connectivity index (χ2v) is 7.13. The van der Waals surface area contributed by atoms with E-state index in [1.54, 1.807) is 30.3 Å². The maximum atomic E-state index is 12.7. The molecule has 4 rings (SSSR count). The number of carbonyl (C=O) groups is 2. The third-order valence-corrected chi connectivity index (χ3v) is 5.05. The van der Waals surface area contributed by atoms with Crippen LogP contribution in [-0.4, -0.2) is 23.6 Å². The van der Waals surface area contributed by atoms with Crippen molar-refractivity contribution < 1.29 is 19.1 Å². The van der Waals surface area contributed by atoms with Crippen LogP contribution in [0.15, 0.2) is 54.7 Å². The van der Waals surface area contributed by atoms with Gasteiger partial charge in [0.15, 0.2) is 11.5 Å². The third-order valence-electron chi connectivity index (χ3n) is 4.37. The molecule has 0 unspecified atom stereocenters. The molecule has 9 heteroatoms. The van der Waals surface area contributed by atoms with Crippen LogP contribution in [0.5, 0.6) is 11.5 Å². The van der Waals surface area contributed by atoms with Crippen molar-refractivity contribution >= 4 is 40.7 Å². The van der Waals surface area contributed by atoms with Crippen molar-refractivity contribution in [2.24, 2.45) is 0 Å². The first-order valence-corrected chi connectivity index (χ1v) is 9.65. The molecule has 0 radical (unpaired) electrons. The van der Waals surface area contributed by atoms with Gasteiger partial charge >= 0.3 is 0 Å². The monoisotopic (exact) mass is 443 g/mol. The molecule has 3 aromatic rings. The number of carbonyl (C=O) groups excluding carboxylic acids is 2. The van der Waals surface area contributed by atoms with Crippen LogP contribution in [0.1, 0.15) is 26.3 Å². The number of ether oxygens (including phenoxy) is 2. The number of nitrogens with one attached hydrogen (secondary N) is 2. The highest BCUT2D eigenvalue weighted by atomic mass is 35.5. The fraction of sp³-hybridized carbons (Fsp3) is 0.0952. The molecule has 0 fully saturated rings. The Morgan fingerprint density at radius 2 is 1.80 bits per heavy atom. The van der Waals surface area contributed by atoms with Crippen molar-refractivity contribution in [2.75, 3.05) is 12.1 Å². The summed E-state index contributed by atoms with van der Waals surface area (Å²) < 4.78 is 10.6. The zero-order chi connectivity index (χ0) is 21.1. The first kappa shape index (κ1) is 20.0. The number of aromatic nitrogens is 1. The average molecular weight is 444 g/mol. The molecule has 2 N–H and O–H groups in total. The highest BCUT2D eigenvalue weighted by Crippen LogP contribution is 2.32. The minimum atomic E-state index is -0.461. The molecule has 1 aliphatic heterocycles. The van der Waals surface area contributed by atoms with Gasteiger partial charge in [0, 0.05) is 12.7 Å². The van der Waals surface area contributed by atoms with Gasteiger partial charge in [0.05, 0.1) is 21.8 Å². The number of halogens is 2. The first-order valence-electron chi connectivity index (χ1n) is 8.89. The summed E-state index contributed by atoms with van der Waals surface area (Å²) in [6.45, 7) is 0.473.